The van der Waals surface area contributed by atoms with Gasteiger partial charge in [-0.3, -0.25) is 9.29 Å². The first-order valence-corrected chi connectivity index (χ1v) is 14.2. The SMILES string of the molecule is COc1c(Br)cc(Br)c(OC)c1-n1c(NS(=O)(=O)[C@@H](C)[C@H](C)c2ncc(F)cn2)nnc1-c1ccc(C)o1. The van der Waals surface area contributed by atoms with Gasteiger partial charge in [0.05, 0.1) is 40.8 Å². The monoisotopic (exact) mass is 672 g/mol. The number of rotatable bonds is 9. The average Bonchev–Trinajstić information content (AvgIpc) is 3.48. The number of anilines is 1. The van der Waals surface area contributed by atoms with Crippen LogP contribution in [-0.2, 0) is 10.0 Å². The van der Waals surface area contributed by atoms with Crippen LogP contribution in [0.15, 0.2) is 44.0 Å². The Morgan fingerprint density at radius 1 is 1.05 bits per heavy atom. The topological polar surface area (TPSA) is 134 Å². The van der Waals surface area contributed by atoms with Crippen molar-refractivity contribution in [2.45, 2.75) is 31.9 Å². The van der Waals surface area contributed by atoms with E-state index in [9.17, 15) is 12.8 Å². The number of methoxy groups -OCH3 is 2. The summed E-state index contributed by atoms with van der Waals surface area (Å²) in [5.41, 5.74) is 0.311. The number of hydrogen-bond acceptors (Lipinski definition) is 9. The van der Waals surface area contributed by atoms with Crippen LogP contribution >= 0.6 is 31.9 Å². The molecule has 0 saturated carbocycles. The highest BCUT2D eigenvalue weighted by atomic mass is 79.9. The predicted molar refractivity (Wildman–Crippen MR) is 145 cm³/mol. The summed E-state index contributed by atoms with van der Waals surface area (Å²) in [4.78, 5) is 7.86. The molecule has 0 aliphatic rings. The molecule has 15 heteroatoms. The van der Waals surface area contributed by atoms with Crippen molar-refractivity contribution in [3.63, 3.8) is 0 Å². The minimum atomic E-state index is -4.11. The van der Waals surface area contributed by atoms with Crippen molar-refractivity contribution >= 4 is 47.8 Å². The summed E-state index contributed by atoms with van der Waals surface area (Å²) >= 11 is 6.97. The highest BCUT2D eigenvalue weighted by Crippen LogP contribution is 2.46. The molecule has 0 amide bonds. The Bertz CT molecular complexity index is 1550. The Hall–Kier alpha value is -3.04. The zero-order valence-corrected chi connectivity index (χ0v) is 24.8. The maximum atomic E-state index is 13.5. The van der Waals surface area contributed by atoms with Crippen LogP contribution in [0.1, 0.15) is 31.4 Å². The number of ether oxygens (including phenoxy) is 2. The molecule has 2 atom stereocenters. The van der Waals surface area contributed by atoms with E-state index in [0.717, 1.165) is 12.4 Å². The van der Waals surface area contributed by atoms with Gasteiger partial charge in [-0.2, -0.15) is 0 Å². The number of benzene rings is 1. The normalized spacial score (nSPS) is 13.3. The van der Waals surface area contributed by atoms with E-state index >= 15 is 0 Å². The second-order valence-corrected chi connectivity index (χ2v) is 12.0. The van der Waals surface area contributed by atoms with Crippen LogP contribution in [0.4, 0.5) is 10.3 Å². The summed E-state index contributed by atoms with van der Waals surface area (Å²) in [6, 6.07) is 5.17. The van der Waals surface area contributed by atoms with E-state index in [0.29, 0.717) is 37.7 Å². The number of nitrogens with one attached hydrogen (secondary N) is 1. The minimum absolute atomic E-state index is 0.144. The Labute approximate surface area is 235 Å². The van der Waals surface area contributed by atoms with E-state index in [-0.39, 0.29) is 17.6 Å². The van der Waals surface area contributed by atoms with Crippen LogP contribution in [0.5, 0.6) is 11.5 Å². The van der Waals surface area contributed by atoms with Crippen molar-refractivity contribution in [3.8, 4) is 28.8 Å². The molecule has 0 saturated heterocycles. The largest absolute Gasteiger partial charge is 0.493 e. The fourth-order valence-electron chi connectivity index (χ4n) is 3.70. The summed E-state index contributed by atoms with van der Waals surface area (Å²) in [6.45, 7) is 4.90. The molecule has 4 aromatic rings. The second-order valence-electron chi connectivity index (χ2n) is 8.25. The summed E-state index contributed by atoms with van der Waals surface area (Å²) < 4.78 is 62.5. The molecule has 3 aromatic heterocycles. The van der Waals surface area contributed by atoms with E-state index in [1.54, 1.807) is 32.0 Å². The van der Waals surface area contributed by atoms with Gasteiger partial charge in [0, 0.05) is 5.92 Å². The van der Waals surface area contributed by atoms with Crippen molar-refractivity contribution < 1.29 is 26.7 Å². The van der Waals surface area contributed by atoms with Gasteiger partial charge < -0.3 is 13.9 Å². The van der Waals surface area contributed by atoms with Gasteiger partial charge in [-0.25, -0.2) is 22.8 Å². The lowest BCUT2D eigenvalue weighted by Gasteiger charge is -2.22. The van der Waals surface area contributed by atoms with Crippen molar-refractivity contribution in [2.75, 3.05) is 18.9 Å². The molecule has 0 spiro atoms. The molecular weight excluding hydrogens is 651 g/mol. The number of hydrogen-bond donors (Lipinski definition) is 1. The standard InChI is InChI=1S/C23H23Br2FN6O5S/c1-11-6-7-17(37-11)22-29-30-23(32(22)18-19(35-4)15(24)8-16(25)20(18)36-5)31-38(33,34)13(3)12(2)21-27-9-14(26)10-28-21/h6-10,12-13H,1-5H3,(H,30,31)/t12-,13-/m0/s1. The van der Waals surface area contributed by atoms with Crippen molar-refractivity contribution in [3.05, 3.63) is 56.9 Å². The molecule has 0 aliphatic carbocycles. The van der Waals surface area contributed by atoms with Crippen molar-refractivity contribution in [2.24, 2.45) is 0 Å². The van der Waals surface area contributed by atoms with Crippen molar-refractivity contribution in [1.29, 1.82) is 0 Å². The van der Waals surface area contributed by atoms with Gasteiger partial charge in [-0.05, 0) is 63.9 Å². The number of aromatic nitrogens is 5. The summed E-state index contributed by atoms with van der Waals surface area (Å²) in [5, 5.41) is 7.33. The molecule has 0 bridgehead atoms. The van der Waals surface area contributed by atoms with E-state index in [1.807, 2.05) is 0 Å². The quantitative estimate of drug-likeness (QED) is 0.253. The fraction of sp³-hybridized carbons (Fsp3) is 0.304. The molecular formula is C23H23Br2FN6O5S. The van der Waals surface area contributed by atoms with Crippen molar-refractivity contribution in [1.82, 2.24) is 24.7 Å². The average molecular weight is 674 g/mol. The highest BCUT2D eigenvalue weighted by molar-refractivity contribution is 9.11. The molecule has 0 unspecified atom stereocenters. The Kier molecular flexibility index (Phi) is 8.09. The molecule has 0 radical (unpaired) electrons. The molecule has 0 fully saturated rings. The third-order valence-corrected chi connectivity index (χ3v) is 8.88. The number of aryl methyl sites for hydroxylation is 1. The van der Waals surface area contributed by atoms with E-state index in [1.165, 1.54) is 25.7 Å². The number of nitrogens with zero attached hydrogens (tertiary/aromatic N) is 5. The molecule has 11 nitrogen and oxygen atoms in total. The maximum Gasteiger partial charge on any atom is 0.243 e. The van der Waals surface area contributed by atoms with Crippen LogP contribution in [0.3, 0.4) is 0 Å². The van der Waals surface area contributed by atoms with Crippen LogP contribution in [-0.4, -0.2) is 52.6 Å². The number of halogens is 3. The van der Waals surface area contributed by atoms with Gasteiger partial charge in [0.2, 0.25) is 21.8 Å². The molecule has 4 rings (SSSR count). The third-order valence-electron chi connectivity index (χ3n) is 5.85. The first-order chi connectivity index (χ1) is 18.0. The van der Waals surface area contributed by atoms with Gasteiger partial charge in [0.15, 0.2) is 23.1 Å². The van der Waals surface area contributed by atoms with Crippen LogP contribution < -0.4 is 14.2 Å². The van der Waals surface area contributed by atoms with Gasteiger partial charge in [-0.1, -0.05) is 6.92 Å². The Balaban J connectivity index is 1.88. The van der Waals surface area contributed by atoms with Gasteiger partial charge in [0.25, 0.3) is 0 Å². The lowest BCUT2D eigenvalue weighted by molar-refractivity contribution is 0.388. The summed E-state index contributed by atoms with van der Waals surface area (Å²) in [5.74, 6) is 0.542. The highest BCUT2D eigenvalue weighted by Gasteiger charge is 2.33. The summed E-state index contributed by atoms with van der Waals surface area (Å²) in [7, 11) is -1.17. The first-order valence-electron chi connectivity index (χ1n) is 11.1. The second kappa shape index (κ2) is 11.0. The zero-order valence-electron chi connectivity index (χ0n) is 20.9. The predicted octanol–water partition coefficient (Wildman–Crippen LogP) is 5.24. The van der Waals surface area contributed by atoms with Crippen LogP contribution in [0.2, 0.25) is 0 Å². The smallest absolute Gasteiger partial charge is 0.243 e. The lowest BCUT2D eigenvalue weighted by Crippen LogP contribution is -2.31. The lowest BCUT2D eigenvalue weighted by atomic mass is 10.1. The molecule has 3 heterocycles. The molecule has 0 aliphatic heterocycles. The van der Waals surface area contributed by atoms with E-state index in [4.69, 9.17) is 13.9 Å². The van der Waals surface area contributed by atoms with Crippen LogP contribution in [0.25, 0.3) is 17.3 Å². The zero-order chi connectivity index (χ0) is 27.8. The maximum absolute atomic E-state index is 13.5. The Morgan fingerprint density at radius 3 is 2.18 bits per heavy atom. The van der Waals surface area contributed by atoms with Gasteiger partial charge >= 0.3 is 0 Å². The number of furan rings is 1. The summed E-state index contributed by atoms with van der Waals surface area (Å²) in [6.07, 6.45) is 1.98. The van der Waals surface area contributed by atoms with Gasteiger partial charge in [-0.15, -0.1) is 10.2 Å². The third kappa shape index (κ3) is 5.27. The number of sulfonamides is 1. The molecule has 38 heavy (non-hydrogen) atoms. The molecule has 202 valence electrons. The molecule has 1 aromatic carbocycles. The van der Waals surface area contributed by atoms with E-state index < -0.39 is 27.0 Å². The van der Waals surface area contributed by atoms with E-state index in [2.05, 4.69) is 56.7 Å². The molecule has 1 N–H and O–H groups in total. The van der Waals surface area contributed by atoms with Gasteiger partial charge in [0.1, 0.15) is 17.3 Å². The fourth-order valence-corrected chi connectivity index (χ4v) is 6.39. The Morgan fingerprint density at radius 2 is 1.66 bits per heavy atom. The first kappa shape index (κ1) is 28.0. The minimum Gasteiger partial charge on any atom is -0.493 e. The van der Waals surface area contributed by atoms with Crippen LogP contribution in [0, 0.1) is 12.7 Å².